The number of benzene rings is 1. The molecule has 25 heavy (non-hydrogen) atoms. The smallest absolute Gasteiger partial charge is 0.234 e. The molecule has 3 aromatic rings. The molecule has 11 heteroatoms. The van der Waals surface area contributed by atoms with Gasteiger partial charge in [0.25, 0.3) is 0 Å². The molecule has 2 aromatic heterocycles. The van der Waals surface area contributed by atoms with Crippen LogP contribution in [0, 0.1) is 6.92 Å². The van der Waals surface area contributed by atoms with Gasteiger partial charge in [0.1, 0.15) is 5.69 Å². The Kier molecular flexibility index (Phi) is 5.16. The van der Waals surface area contributed by atoms with Crippen LogP contribution in [-0.2, 0) is 4.79 Å². The number of hydrogen-bond acceptors (Lipinski definition) is 6. The Labute approximate surface area is 157 Å². The highest BCUT2D eigenvalue weighted by Crippen LogP contribution is 2.26. The minimum Gasteiger partial charge on any atom is -0.335 e. The first-order chi connectivity index (χ1) is 11.9. The molecule has 0 fully saturated rings. The fourth-order valence-corrected chi connectivity index (χ4v) is 2.99. The molecule has 4 N–H and O–H groups in total. The van der Waals surface area contributed by atoms with E-state index >= 15 is 0 Å². The number of thioether (sulfide) groups is 1. The van der Waals surface area contributed by atoms with E-state index in [2.05, 4.69) is 25.7 Å². The highest BCUT2D eigenvalue weighted by atomic mass is 35.5. The van der Waals surface area contributed by atoms with Gasteiger partial charge in [-0.15, -0.1) is 10.2 Å². The molecule has 0 aliphatic carbocycles. The average Bonchev–Trinajstić information content (AvgIpc) is 3.15. The summed E-state index contributed by atoms with van der Waals surface area (Å²) in [6.45, 7) is 1.87. The van der Waals surface area contributed by atoms with Gasteiger partial charge in [-0.3, -0.25) is 9.89 Å². The predicted molar refractivity (Wildman–Crippen MR) is 98.3 cm³/mol. The van der Waals surface area contributed by atoms with E-state index < -0.39 is 0 Å². The molecule has 1 aromatic carbocycles. The van der Waals surface area contributed by atoms with Crippen molar-refractivity contribution >= 4 is 46.6 Å². The number of nitrogens with one attached hydrogen (secondary N) is 2. The summed E-state index contributed by atoms with van der Waals surface area (Å²) in [5.74, 6) is 6.19. The SMILES string of the molecule is Cc1cc(-c2nnc(SCC(=O)Nc3cc(Cl)ccc3Cl)n2N)n[nH]1. The van der Waals surface area contributed by atoms with E-state index in [4.69, 9.17) is 29.0 Å². The highest BCUT2D eigenvalue weighted by molar-refractivity contribution is 7.99. The lowest BCUT2D eigenvalue weighted by atomic mass is 10.3. The summed E-state index contributed by atoms with van der Waals surface area (Å²) in [7, 11) is 0. The first-order valence-electron chi connectivity index (χ1n) is 7.04. The topological polar surface area (TPSA) is 115 Å². The second-order valence-electron chi connectivity index (χ2n) is 5.07. The quantitative estimate of drug-likeness (QED) is 0.450. The number of H-pyrrole nitrogens is 1. The zero-order valence-electron chi connectivity index (χ0n) is 13.0. The average molecular weight is 398 g/mol. The molecule has 2 heterocycles. The molecular formula is C14H13Cl2N7OS. The molecule has 3 rings (SSSR count). The number of aryl methyl sites for hydroxylation is 1. The monoisotopic (exact) mass is 397 g/mol. The minimum absolute atomic E-state index is 0.0811. The second-order valence-corrected chi connectivity index (χ2v) is 6.86. The molecule has 0 aliphatic heterocycles. The molecule has 0 radical (unpaired) electrons. The van der Waals surface area contributed by atoms with Crippen LogP contribution in [0.5, 0.6) is 0 Å². The maximum Gasteiger partial charge on any atom is 0.234 e. The number of aromatic amines is 1. The summed E-state index contributed by atoms with van der Waals surface area (Å²) >= 11 is 13.1. The Balaban J connectivity index is 1.65. The molecule has 0 unspecified atom stereocenters. The van der Waals surface area contributed by atoms with Gasteiger partial charge in [-0.25, -0.2) is 4.68 Å². The third-order valence-electron chi connectivity index (χ3n) is 3.13. The van der Waals surface area contributed by atoms with Crippen molar-refractivity contribution in [2.75, 3.05) is 16.9 Å². The fourth-order valence-electron chi connectivity index (χ4n) is 1.99. The zero-order valence-corrected chi connectivity index (χ0v) is 15.3. The summed E-state index contributed by atoms with van der Waals surface area (Å²) < 4.78 is 1.29. The fraction of sp³-hybridized carbons (Fsp3) is 0.143. The number of nitrogens with zero attached hydrogens (tertiary/aromatic N) is 4. The Morgan fingerprint density at radius 1 is 1.36 bits per heavy atom. The summed E-state index contributed by atoms with van der Waals surface area (Å²) in [6.07, 6.45) is 0. The molecular weight excluding hydrogens is 385 g/mol. The van der Waals surface area contributed by atoms with E-state index in [1.807, 2.05) is 6.92 Å². The molecule has 0 saturated carbocycles. The van der Waals surface area contributed by atoms with Crippen molar-refractivity contribution in [2.24, 2.45) is 0 Å². The molecule has 0 atom stereocenters. The van der Waals surface area contributed by atoms with Crippen molar-refractivity contribution < 1.29 is 4.79 Å². The summed E-state index contributed by atoms with van der Waals surface area (Å²) in [6, 6.07) is 6.64. The summed E-state index contributed by atoms with van der Waals surface area (Å²) in [5.41, 5.74) is 1.90. The van der Waals surface area contributed by atoms with Crippen molar-refractivity contribution in [3.05, 3.63) is 40.0 Å². The van der Waals surface area contributed by atoms with Crippen LogP contribution in [0.4, 0.5) is 5.69 Å². The summed E-state index contributed by atoms with van der Waals surface area (Å²) in [5, 5.41) is 18.8. The number of nitrogens with two attached hydrogens (primary N) is 1. The number of anilines is 1. The third-order valence-corrected chi connectivity index (χ3v) is 4.64. The van der Waals surface area contributed by atoms with Crippen molar-refractivity contribution in [1.82, 2.24) is 25.1 Å². The largest absolute Gasteiger partial charge is 0.335 e. The Morgan fingerprint density at radius 2 is 2.16 bits per heavy atom. The van der Waals surface area contributed by atoms with Crippen LogP contribution < -0.4 is 11.2 Å². The van der Waals surface area contributed by atoms with Crippen molar-refractivity contribution in [2.45, 2.75) is 12.1 Å². The molecule has 0 aliphatic rings. The van der Waals surface area contributed by atoms with Crippen LogP contribution in [0.2, 0.25) is 10.0 Å². The molecule has 0 bridgehead atoms. The van der Waals surface area contributed by atoms with Crippen LogP contribution in [-0.4, -0.2) is 36.7 Å². The van der Waals surface area contributed by atoms with E-state index in [0.29, 0.717) is 32.4 Å². The van der Waals surface area contributed by atoms with Crippen LogP contribution in [0.3, 0.4) is 0 Å². The van der Waals surface area contributed by atoms with Gasteiger partial charge >= 0.3 is 0 Å². The Hall–Kier alpha value is -2.23. The van der Waals surface area contributed by atoms with Gasteiger partial charge in [0.05, 0.1) is 16.5 Å². The zero-order chi connectivity index (χ0) is 18.0. The lowest BCUT2D eigenvalue weighted by Crippen LogP contribution is -2.16. The number of halogens is 2. The number of carbonyl (C=O) groups excluding carboxylic acids is 1. The molecule has 0 spiro atoms. The number of carbonyl (C=O) groups is 1. The Morgan fingerprint density at radius 3 is 2.88 bits per heavy atom. The third kappa shape index (κ3) is 4.06. The lowest BCUT2D eigenvalue weighted by Gasteiger charge is -2.07. The number of nitrogen functional groups attached to an aromatic ring is 1. The van der Waals surface area contributed by atoms with Gasteiger partial charge in [-0.1, -0.05) is 35.0 Å². The first-order valence-corrected chi connectivity index (χ1v) is 8.79. The van der Waals surface area contributed by atoms with Gasteiger partial charge in [-0.2, -0.15) is 5.10 Å². The van der Waals surface area contributed by atoms with Crippen molar-refractivity contribution in [1.29, 1.82) is 0 Å². The number of rotatable bonds is 5. The standard InChI is InChI=1S/C14H13Cl2N7OS/c1-7-4-11(20-19-7)13-21-22-14(23(13)17)25-6-12(24)18-10-5-8(15)2-3-9(10)16/h2-5H,6,17H2,1H3,(H,18,24)(H,19,20). The Bertz CT molecular complexity index is 924. The van der Waals surface area contributed by atoms with E-state index in [-0.39, 0.29) is 11.7 Å². The molecule has 0 saturated heterocycles. The van der Waals surface area contributed by atoms with Crippen molar-refractivity contribution in [3.8, 4) is 11.5 Å². The normalized spacial score (nSPS) is 10.8. The maximum atomic E-state index is 12.1. The van der Waals surface area contributed by atoms with Crippen LogP contribution in [0.25, 0.3) is 11.5 Å². The van der Waals surface area contributed by atoms with E-state index in [1.54, 1.807) is 24.3 Å². The van der Waals surface area contributed by atoms with Gasteiger partial charge < -0.3 is 11.2 Å². The van der Waals surface area contributed by atoms with Crippen LogP contribution in [0.15, 0.2) is 29.4 Å². The first kappa shape index (κ1) is 17.6. The van der Waals surface area contributed by atoms with Crippen LogP contribution >= 0.6 is 35.0 Å². The maximum absolute atomic E-state index is 12.1. The van der Waals surface area contributed by atoms with Gasteiger partial charge in [0.2, 0.25) is 16.9 Å². The van der Waals surface area contributed by atoms with Crippen molar-refractivity contribution in [3.63, 3.8) is 0 Å². The minimum atomic E-state index is -0.269. The van der Waals surface area contributed by atoms with Crippen LogP contribution in [0.1, 0.15) is 5.69 Å². The molecule has 1 amide bonds. The number of aromatic nitrogens is 5. The van der Waals surface area contributed by atoms with E-state index in [9.17, 15) is 4.79 Å². The van der Waals surface area contributed by atoms with Gasteiger partial charge in [-0.05, 0) is 31.2 Å². The number of amides is 1. The van der Waals surface area contributed by atoms with Gasteiger partial charge in [0.15, 0.2) is 0 Å². The molecule has 130 valence electrons. The predicted octanol–water partition coefficient (Wildman–Crippen LogP) is 2.73. The van der Waals surface area contributed by atoms with E-state index in [0.717, 1.165) is 17.5 Å². The second kappa shape index (κ2) is 7.34. The lowest BCUT2D eigenvalue weighted by molar-refractivity contribution is -0.113. The summed E-state index contributed by atoms with van der Waals surface area (Å²) in [4.78, 5) is 12.1. The van der Waals surface area contributed by atoms with E-state index in [1.165, 1.54) is 4.68 Å². The van der Waals surface area contributed by atoms with Gasteiger partial charge in [0, 0.05) is 10.7 Å². The highest BCUT2D eigenvalue weighted by Gasteiger charge is 2.16. The number of hydrogen-bond donors (Lipinski definition) is 3. The molecule has 8 nitrogen and oxygen atoms in total.